The molecule has 31 heavy (non-hydrogen) atoms. The van der Waals surface area contributed by atoms with Crippen LogP contribution in [0.15, 0.2) is 24.3 Å². The number of piperidine rings is 1. The van der Waals surface area contributed by atoms with Gasteiger partial charge in [-0.1, -0.05) is 12.1 Å². The standard InChI is InChI=1S/C24H31FN4O2/c1-17-22(14-23(30)29-10-12-31-13-11-29)18(2)27-24(26-17)20-4-3-9-28(16-20)15-19-5-7-21(25)8-6-19/h5-8,20H,3-4,9-16H2,1-2H3/t20-/m0/s1. The molecule has 2 aliphatic heterocycles. The summed E-state index contributed by atoms with van der Waals surface area (Å²) in [5.74, 6) is 1.07. The molecular weight excluding hydrogens is 395 g/mol. The van der Waals surface area contributed by atoms with E-state index in [2.05, 4.69) is 4.90 Å². The van der Waals surface area contributed by atoms with Crippen molar-refractivity contribution in [1.29, 1.82) is 0 Å². The molecule has 2 saturated heterocycles. The molecule has 0 saturated carbocycles. The Labute approximate surface area is 183 Å². The van der Waals surface area contributed by atoms with E-state index in [0.29, 0.717) is 32.7 Å². The van der Waals surface area contributed by atoms with Gasteiger partial charge in [0.25, 0.3) is 0 Å². The molecule has 1 atom stereocenters. The second-order valence-corrected chi connectivity index (χ2v) is 8.60. The van der Waals surface area contributed by atoms with E-state index >= 15 is 0 Å². The van der Waals surface area contributed by atoms with Crippen molar-refractivity contribution >= 4 is 5.91 Å². The molecule has 7 heteroatoms. The van der Waals surface area contributed by atoms with Gasteiger partial charge in [0.1, 0.15) is 11.6 Å². The number of hydrogen-bond acceptors (Lipinski definition) is 5. The molecule has 2 fully saturated rings. The molecule has 1 aromatic carbocycles. The van der Waals surface area contributed by atoms with E-state index in [9.17, 15) is 9.18 Å². The van der Waals surface area contributed by atoms with Crippen molar-refractivity contribution < 1.29 is 13.9 Å². The summed E-state index contributed by atoms with van der Waals surface area (Å²) < 4.78 is 18.5. The number of aromatic nitrogens is 2. The summed E-state index contributed by atoms with van der Waals surface area (Å²) in [5.41, 5.74) is 3.87. The third kappa shape index (κ3) is 5.46. The van der Waals surface area contributed by atoms with Crippen LogP contribution in [-0.4, -0.2) is 65.1 Å². The maximum atomic E-state index is 13.2. The third-order valence-corrected chi connectivity index (χ3v) is 6.32. The van der Waals surface area contributed by atoms with Crippen LogP contribution in [0.4, 0.5) is 4.39 Å². The normalized spacial score (nSPS) is 20.1. The predicted octanol–water partition coefficient (Wildman–Crippen LogP) is 3.01. The fraction of sp³-hybridized carbons (Fsp3) is 0.542. The van der Waals surface area contributed by atoms with Crippen LogP contribution in [-0.2, 0) is 22.5 Å². The number of carbonyl (C=O) groups excluding carboxylic acids is 1. The van der Waals surface area contributed by atoms with Gasteiger partial charge in [-0.15, -0.1) is 0 Å². The van der Waals surface area contributed by atoms with Crippen molar-refractivity contribution in [2.45, 2.75) is 45.6 Å². The molecule has 0 spiro atoms. The van der Waals surface area contributed by atoms with Gasteiger partial charge in [-0.2, -0.15) is 0 Å². The van der Waals surface area contributed by atoms with E-state index in [-0.39, 0.29) is 17.6 Å². The van der Waals surface area contributed by atoms with Crippen LogP contribution in [0.2, 0.25) is 0 Å². The Bertz CT molecular complexity index is 889. The molecule has 3 heterocycles. The summed E-state index contributed by atoms with van der Waals surface area (Å²) in [5, 5.41) is 0. The Morgan fingerprint density at radius 2 is 1.77 bits per heavy atom. The Hall–Kier alpha value is -2.38. The number of benzene rings is 1. The van der Waals surface area contributed by atoms with Crippen LogP contribution in [0.1, 0.15) is 47.1 Å². The smallest absolute Gasteiger partial charge is 0.227 e. The van der Waals surface area contributed by atoms with Gasteiger partial charge in [0.05, 0.1) is 19.6 Å². The lowest BCUT2D eigenvalue weighted by atomic mass is 9.96. The fourth-order valence-corrected chi connectivity index (χ4v) is 4.54. The topological polar surface area (TPSA) is 58.6 Å². The molecule has 1 amide bonds. The van der Waals surface area contributed by atoms with Crippen LogP contribution in [0, 0.1) is 19.7 Å². The summed E-state index contributed by atoms with van der Waals surface area (Å²) in [7, 11) is 0. The first kappa shape index (κ1) is 21.8. The fourth-order valence-electron chi connectivity index (χ4n) is 4.54. The predicted molar refractivity (Wildman–Crippen MR) is 116 cm³/mol. The number of hydrogen-bond donors (Lipinski definition) is 0. The van der Waals surface area contributed by atoms with E-state index in [1.807, 2.05) is 30.9 Å². The largest absolute Gasteiger partial charge is 0.378 e. The van der Waals surface area contributed by atoms with Crippen molar-refractivity contribution in [3.05, 3.63) is 58.4 Å². The van der Waals surface area contributed by atoms with E-state index in [0.717, 1.165) is 60.8 Å². The second-order valence-electron chi connectivity index (χ2n) is 8.60. The lowest BCUT2D eigenvalue weighted by Crippen LogP contribution is -2.41. The van der Waals surface area contributed by atoms with Crippen molar-refractivity contribution in [3.63, 3.8) is 0 Å². The number of aryl methyl sites for hydroxylation is 2. The quantitative estimate of drug-likeness (QED) is 0.736. The molecule has 0 radical (unpaired) electrons. The van der Waals surface area contributed by atoms with E-state index in [4.69, 9.17) is 14.7 Å². The molecule has 6 nitrogen and oxygen atoms in total. The zero-order valence-electron chi connectivity index (χ0n) is 18.4. The first-order valence-electron chi connectivity index (χ1n) is 11.2. The SMILES string of the molecule is Cc1nc([C@H]2CCCN(Cc3ccc(F)cc3)C2)nc(C)c1CC(=O)N1CCOCC1. The van der Waals surface area contributed by atoms with Gasteiger partial charge in [-0.3, -0.25) is 9.69 Å². The number of likely N-dealkylation sites (tertiary alicyclic amines) is 1. The minimum Gasteiger partial charge on any atom is -0.378 e. The zero-order valence-corrected chi connectivity index (χ0v) is 18.4. The maximum Gasteiger partial charge on any atom is 0.227 e. The first-order chi connectivity index (χ1) is 15.0. The van der Waals surface area contributed by atoms with Gasteiger partial charge >= 0.3 is 0 Å². The van der Waals surface area contributed by atoms with E-state index in [1.165, 1.54) is 12.1 Å². The number of amides is 1. The van der Waals surface area contributed by atoms with E-state index < -0.39 is 0 Å². The highest BCUT2D eigenvalue weighted by molar-refractivity contribution is 5.79. The van der Waals surface area contributed by atoms with Crippen molar-refractivity contribution in [2.24, 2.45) is 0 Å². The summed E-state index contributed by atoms with van der Waals surface area (Å²) in [6.07, 6.45) is 2.49. The number of morpholine rings is 1. The Balaban J connectivity index is 1.43. The molecule has 4 rings (SSSR count). The maximum absolute atomic E-state index is 13.2. The van der Waals surface area contributed by atoms with Crippen molar-refractivity contribution in [1.82, 2.24) is 19.8 Å². The van der Waals surface area contributed by atoms with Gasteiger partial charge in [0.2, 0.25) is 5.91 Å². The number of halogens is 1. The van der Waals surface area contributed by atoms with Gasteiger partial charge in [-0.05, 0) is 50.9 Å². The van der Waals surface area contributed by atoms with Crippen molar-refractivity contribution in [2.75, 3.05) is 39.4 Å². The summed E-state index contributed by atoms with van der Waals surface area (Å²) in [6, 6.07) is 6.74. The zero-order chi connectivity index (χ0) is 21.8. The number of rotatable bonds is 5. The van der Waals surface area contributed by atoms with Crippen molar-refractivity contribution in [3.8, 4) is 0 Å². The number of ether oxygens (including phenoxy) is 1. The number of carbonyl (C=O) groups is 1. The minimum atomic E-state index is -0.202. The van der Waals surface area contributed by atoms with Gasteiger partial charge in [-0.25, -0.2) is 14.4 Å². The molecule has 0 N–H and O–H groups in total. The first-order valence-corrected chi connectivity index (χ1v) is 11.2. The second kappa shape index (κ2) is 9.83. The molecular formula is C24H31FN4O2. The molecule has 2 aromatic rings. The Morgan fingerprint density at radius 3 is 2.45 bits per heavy atom. The van der Waals surface area contributed by atoms with Crippen LogP contribution in [0.5, 0.6) is 0 Å². The summed E-state index contributed by atoms with van der Waals surface area (Å²) >= 11 is 0. The molecule has 166 valence electrons. The average molecular weight is 427 g/mol. The minimum absolute atomic E-state index is 0.119. The van der Waals surface area contributed by atoms with E-state index in [1.54, 1.807) is 0 Å². The highest BCUT2D eigenvalue weighted by Crippen LogP contribution is 2.27. The van der Waals surface area contributed by atoms with Crippen LogP contribution in [0.25, 0.3) is 0 Å². The monoisotopic (exact) mass is 426 g/mol. The lowest BCUT2D eigenvalue weighted by molar-refractivity contribution is -0.134. The van der Waals surface area contributed by atoms with Crippen LogP contribution in [0.3, 0.4) is 0 Å². The van der Waals surface area contributed by atoms with Crippen LogP contribution < -0.4 is 0 Å². The Morgan fingerprint density at radius 1 is 1.10 bits per heavy atom. The summed E-state index contributed by atoms with van der Waals surface area (Å²) in [4.78, 5) is 26.6. The molecule has 2 aliphatic rings. The van der Waals surface area contributed by atoms with Crippen LogP contribution >= 0.6 is 0 Å². The molecule has 0 unspecified atom stereocenters. The lowest BCUT2D eigenvalue weighted by Gasteiger charge is -2.32. The molecule has 1 aromatic heterocycles. The average Bonchev–Trinajstić information content (AvgIpc) is 2.78. The third-order valence-electron chi connectivity index (χ3n) is 6.32. The Kier molecular flexibility index (Phi) is 6.92. The molecule has 0 aliphatic carbocycles. The number of nitrogens with zero attached hydrogens (tertiary/aromatic N) is 4. The highest BCUT2D eigenvalue weighted by Gasteiger charge is 2.26. The van der Waals surface area contributed by atoms with Gasteiger partial charge in [0.15, 0.2) is 0 Å². The van der Waals surface area contributed by atoms with Gasteiger partial charge in [0, 0.05) is 49.0 Å². The molecule has 0 bridgehead atoms. The highest BCUT2D eigenvalue weighted by atomic mass is 19.1. The summed E-state index contributed by atoms with van der Waals surface area (Å²) in [6.45, 7) is 9.22. The van der Waals surface area contributed by atoms with Gasteiger partial charge < -0.3 is 9.64 Å².